The summed E-state index contributed by atoms with van der Waals surface area (Å²) in [6, 6.07) is 8.46. The zero-order valence-electron chi connectivity index (χ0n) is 26.7. The SMILES string of the molecule is CCCCCCCCCCCCCCCCCCOC(=O)C(N=CC(C)Cc1ccc(C(C)C)cc1)C(C)C. The van der Waals surface area contributed by atoms with E-state index in [0.29, 0.717) is 12.5 Å². The average molecular weight is 542 g/mol. The highest BCUT2D eigenvalue weighted by Gasteiger charge is 2.22. The second-order valence-electron chi connectivity index (χ2n) is 12.5. The lowest BCUT2D eigenvalue weighted by molar-refractivity contribution is -0.146. The molecule has 224 valence electrons. The molecule has 0 bridgehead atoms. The standard InChI is InChI=1S/C36H63NO2/c1-7-8-9-10-11-12-13-14-15-16-17-18-19-20-21-22-27-39-36(38)35(31(4)5)37-29-32(6)28-33-23-25-34(26-24-33)30(2)3/h23-26,29-32,35H,7-22,27-28H2,1-6H3. The molecule has 0 amide bonds. The number of rotatable bonds is 24. The number of esters is 1. The Kier molecular flexibility index (Phi) is 21.0. The molecule has 0 aromatic heterocycles. The molecule has 1 aromatic carbocycles. The second kappa shape index (κ2) is 23.1. The molecule has 0 saturated heterocycles. The largest absolute Gasteiger partial charge is 0.464 e. The van der Waals surface area contributed by atoms with Crippen molar-refractivity contribution in [3.63, 3.8) is 0 Å². The quantitative estimate of drug-likeness (QED) is 0.0741. The Morgan fingerprint density at radius 3 is 1.62 bits per heavy atom. The van der Waals surface area contributed by atoms with Gasteiger partial charge in [0.15, 0.2) is 0 Å². The van der Waals surface area contributed by atoms with E-state index in [1.54, 1.807) is 0 Å². The van der Waals surface area contributed by atoms with Crippen LogP contribution in [0.3, 0.4) is 0 Å². The smallest absolute Gasteiger partial charge is 0.331 e. The minimum absolute atomic E-state index is 0.136. The van der Waals surface area contributed by atoms with Gasteiger partial charge in [-0.15, -0.1) is 0 Å². The first kappa shape index (κ1) is 35.4. The maximum Gasteiger partial charge on any atom is 0.331 e. The molecule has 0 heterocycles. The highest BCUT2D eigenvalue weighted by molar-refractivity contribution is 5.78. The third-order valence-electron chi connectivity index (χ3n) is 7.82. The molecular weight excluding hydrogens is 478 g/mol. The van der Waals surface area contributed by atoms with E-state index in [9.17, 15) is 4.79 Å². The second-order valence-corrected chi connectivity index (χ2v) is 12.5. The summed E-state index contributed by atoms with van der Waals surface area (Å²) in [6.07, 6.45) is 24.4. The molecule has 2 atom stereocenters. The Hall–Kier alpha value is -1.64. The Balaban J connectivity index is 2.10. The van der Waals surface area contributed by atoms with Gasteiger partial charge in [-0.05, 0) is 41.7 Å². The summed E-state index contributed by atoms with van der Waals surface area (Å²) >= 11 is 0. The van der Waals surface area contributed by atoms with Gasteiger partial charge in [0.25, 0.3) is 0 Å². The van der Waals surface area contributed by atoms with E-state index in [4.69, 9.17) is 4.74 Å². The van der Waals surface area contributed by atoms with E-state index in [1.165, 1.54) is 101 Å². The van der Waals surface area contributed by atoms with Crippen LogP contribution in [0.1, 0.15) is 161 Å². The van der Waals surface area contributed by atoms with E-state index in [2.05, 4.69) is 57.0 Å². The number of carbonyl (C=O) groups is 1. The van der Waals surface area contributed by atoms with Crippen molar-refractivity contribution in [1.29, 1.82) is 0 Å². The first-order valence-corrected chi connectivity index (χ1v) is 16.6. The number of ether oxygens (including phenoxy) is 1. The molecule has 0 aliphatic carbocycles. The number of benzene rings is 1. The predicted octanol–water partition coefficient (Wildman–Crippen LogP) is 10.9. The van der Waals surface area contributed by atoms with Gasteiger partial charge in [0.1, 0.15) is 6.04 Å². The van der Waals surface area contributed by atoms with Crippen LogP contribution in [-0.2, 0) is 16.0 Å². The normalized spacial score (nSPS) is 13.4. The van der Waals surface area contributed by atoms with Gasteiger partial charge in [-0.2, -0.15) is 0 Å². The summed E-state index contributed by atoms with van der Waals surface area (Å²) in [7, 11) is 0. The summed E-state index contributed by atoms with van der Waals surface area (Å²) < 4.78 is 5.62. The van der Waals surface area contributed by atoms with Crippen molar-refractivity contribution >= 4 is 12.2 Å². The lowest BCUT2D eigenvalue weighted by atomic mass is 9.97. The van der Waals surface area contributed by atoms with Crippen LogP contribution in [-0.4, -0.2) is 24.8 Å². The molecule has 3 heteroatoms. The Labute approximate surface area is 243 Å². The van der Waals surface area contributed by atoms with Crippen molar-refractivity contribution in [2.24, 2.45) is 16.8 Å². The van der Waals surface area contributed by atoms with Crippen molar-refractivity contribution in [3.05, 3.63) is 35.4 Å². The van der Waals surface area contributed by atoms with Gasteiger partial charge in [-0.25, -0.2) is 4.79 Å². The highest BCUT2D eigenvalue weighted by atomic mass is 16.5. The molecule has 0 spiro atoms. The molecular formula is C36H63NO2. The zero-order chi connectivity index (χ0) is 28.7. The number of unbranched alkanes of at least 4 members (excludes halogenated alkanes) is 15. The molecule has 0 aliphatic rings. The van der Waals surface area contributed by atoms with Crippen LogP contribution < -0.4 is 0 Å². The van der Waals surface area contributed by atoms with Crippen LogP contribution in [0, 0.1) is 11.8 Å². The van der Waals surface area contributed by atoms with E-state index < -0.39 is 6.04 Å². The van der Waals surface area contributed by atoms with Crippen molar-refractivity contribution < 1.29 is 9.53 Å². The van der Waals surface area contributed by atoms with Gasteiger partial charge in [0.05, 0.1) is 6.61 Å². The zero-order valence-corrected chi connectivity index (χ0v) is 26.7. The van der Waals surface area contributed by atoms with Crippen LogP contribution in [0.15, 0.2) is 29.3 Å². The maximum atomic E-state index is 12.7. The predicted molar refractivity (Wildman–Crippen MR) is 171 cm³/mol. The highest BCUT2D eigenvalue weighted by Crippen LogP contribution is 2.17. The van der Waals surface area contributed by atoms with Crippen molar-refractivity contribution in [3.8, 4) is 0 Å². The fourth-order valence-electron chi connectivity index (χ4n) is 5.12. The first-order valence-electron chi connectivity index (χ1n) is 16.6. The number of hydrogen-bond acceptors (Lipinski definition) is 3. The molecule has 39 heavy (non-hydrogen) atoms. The third-order valence-corrected chi connectivity index (χ3v) is 7.82. The maximum absolute atomic E-state index is 12.7. The Morgan fingerprint density at radius 2 is 1.18 bits per heavy atom. The average Bonchev–Trinajstić information content (AvgIpc) is 2.90. The molecule has 0 fully saturated rings. The molecule has 1 rings (SSSR count). The number of nitrogens with zero attached hydrogens (tertiary/aromatic N) is 1. The monoisotopic (exact) mass is 541 g/mol. The summed E-state index contributed by atoms with van der Waals surface area (Å²) in [6.45, 7) is 13.5. The van der Waals surface area contributed by atoms with Gasteiger partial charge in [0.2, 0.25) is 0 Å². The Bertz CT molecular complexity index is 737. The minimum atomic E-state index is -0.406. The lowest BCUT2D eigenvalue weighted by Crippen LogP contribution is -2.27. The fourth-order valence-corrected chi connectivity index (χ4v) is 5.12. The number of hydrogen-bond donors (Lipinski definition) is 0. The molecule has 1 aromatic rings. The number of aliphatic imine (C=N–C) groups is 1. The van der Waals surface area contributed by atoms with E-state index in [-0.39, 0.29) is 17.8 Å². The molecule has 2 unspecified atom stereocenters. The van der Waals surface area contributed by atoms with Crippen LogP contribution in [0.2, 0.25) is 0 Å². The molecule has 0 saturated carbocycles. The number of carbonyl (C=O) groups excluding carboxylic acids is 1. The molecule has 3 nitrogen and oxygen atoms in total. The topological polar surface area (TPSA) is 38.7 Å². The van der Waals surface area contributed by atoms with Gasteiger partial charge in [0, 0.05) is 6.21 Å². The van der Waals surface area contributed by atoms with Crippen LogP contribution >= 0.6 is 0 Å². The Morgan fingerprint density at radius 1 is 0.718 bits per heavy atom. The van der Waals surface area contributed by atoms with E-state index in [1.807, 2.05) is 20.1 Å². The van der Waals surface area contributed by atoms with Gasteiger partial charge >= 0.3 is 5.97 Å². The summed E-state index contributed by atoms with van der Waals surface area (Å²) in [5, 5.41) is 0. The van der Waals surface area contributed by atoms with Crippen molar-refractivity contribution in [1.82, 2.24) is 0 Å². The van der Waals surface area contributed by atoms with Gasteiger partial charge in [-0.3, -0.25) is 4.99 Å². The fraction of sp³-hybridized carbons (Fsp3) is 0.778. The molecule has 0 radical (unpaired) electrons. The lowest BCUT2D eigenvalue weighted by Gasteiger charge is -2.16. The third kappa shape index (κ3) is 18.4. The first-order chi connectivity index (χ1) is 18.8. The minimum Gasteiger partial charge on any atom is -0.464 e. The summed E-state index contributed by atoms with van der Waals surface area (Å²) in [4.78, 5) is 17.3. The van der Waals surface area contributed by atoms with E-state index in [0.717, 1.165) is 19.3 Å². The molecule has 0 N–H and O–H groups in total. The van der Waals surface area contributed by atoms with Gasteiger partial charge in [-0.1, -0.05) is 162 Å². The van der Waals surface area contributed by atoms with Crippen molar-refractivity contribution in [2.75, 3.05) is 6.61 Å². The van der Waals surface area contributed by atoms with Crippen LogP contribution in [0.4, 0.5) is 0 Å². The van der Waals surface area contributed by atoms with E-state index >= 15 is 0 Å². The summed E-state index contributed by atoms with van der Waals surface area (Å²) in [5.41, 5.74) is 2.68. The van der Waals surface area contributed by atoms with Gasteiger partial charge < -0.3 is 4.74 Å². The summed E-state index contributed by atoms with van der Waals surface area (Å²) in [5.74, 6) is 0.798. The molecule has 0 aliphatic heterocycles. The van der Waals surface area contributed by atoms with Crippen LogP contribution in [0.5, 0.6) is 0 Å². The van der Waals surface area contributed by atoms with Crippen molar-refractivity contribution in [2.45, 2.75) is 163 Å². The van der Waals surface area contributed by atoms with Crippen LogP contribution in [0.25, 0.3) is 0 Å².